The van der Waals surface area contributed by atoms with Gasteiger partial charge in [-0.05, 0) is 54.8 Å². The minimum Gasteiger partial charge on any atom is -0.0625 e. The molecule has 106 valence electrons. The second kappa shape index (κ2) is 5.55. The summed E-state index contributed by atoms with van der Waals surface area (Å²) in [5, 5.41) is 0. The molecule has 0 heteroatoms. The zero-order valence-corrected chi connectivity index (χ0v) is 13.2. The highest BCUT2D eigenvalue weighted by Crippen LogP contribution is 2.51. The van der Waals surface area contributed by atoms with Crippen LogP contribution in [0, 0.1) is 22.7 Å². The molecule has 0 nitrogen and oxygen atoms in total. The Morgan fingerprint density at radius 1 is 0.778 bits per heavy atom. The minimum atomic E-state index is 0.570. The summed E-state index contributed by atoms with van der Waals surface area (Å²) in [6, 6.07) is 0. The van der Waals surface area contributed by atoms with Crippen molar-refractivity contribution in [1.82, 2.24) is 0 Å². The van der Waals surface area contributed by atoms with E-state index in [9.17, 15) is 0 Å². The van der Waals surface area contributed by atoms with Gasteiger partial charge in [-0.2, -0.15) is 0 Å². The van der Waals surface area contributed by atoms with E-state index in [2.05, 4.69) is 27.7 Å². The van der Waals surface area contributed by atoms with Crippen LogP contribution in [0.2, 0.25) is 0 Å². The molecule has 0 aromatic carbocycles. The van der Waals surface area contributed by atoms with Gasteiger partial charge in [-0.15, -0.1) is 0 Å². The SMILES string of the molecule is CC1CCC(C)(C)CC(C)(C2CCCCC2)CC1. The van der Waals surface area contributed by atoms with Gasteiger partial charge in [0.2, 0.25) is 0 Å². The summed E-state index contributed by atoms with van der Waals surface area (Å²) in [5.74, 6) is 1.98. The van der Waals surface area contributed by atoms with Crippen molar-refractivity contribution in [2.45, 2.75) is 91.9 Å². The smallest absolute Gasteiger partial charge is 0.0292 e. The largest absolute Gasteiger partial charge is 0.0625 e. The molecule has 2 fully saturated rings. The highest BCUT2D eigenvalue weighted by molar-refractivity contribution is 4.91. The normalized spacial score (nSPS) is 39.0. The maximum absolute atomic E-state index is 2.63. The molecule has 0 saturated heterocycles. The summed E-state index contributed by atoms with van der Waals surface area (Å²) < 4.78 is 0. The average molecular weight is 250 g/mol. The molecule has 0 aromatic rings. The van der Waals surface area contributed by atoms with Crippen LogP contribution < -0.4 is 0 Å². The van der Waals surface area contributed by atoms with Crippen LogP contribution in [0.4, 0.5) is 0 Å². The maximum atomic E-state index is 2.63. The Morgan fingerprint density at radius 3 is 2.06 bits per heavy atom. The first-order valence-electron chi connectivity index (χ1n) is 8.41. The van der Waals surface area contributed by atoms with Crippen LogP contribution in [0.5, 0.6) is 0 Å². The lowest BCUT2D eigenvalue weighted by molar-refractivity contribution is 0.0398. The average Bonchev–Trinajstić information content (AvgIpc) is 2.34. The summed E-state index contributed by atoms with van der Waals surface area (Å²) in [6.45, 7) is 10.1. The van der Waals surface area contributed by atoms with E-state index >= 15 is 0 Å². The van der Waals surface area contributed by atoms with Gasteiger partial charge in [-0.1, -0.05) is 59.8 Å². The van der Waals surface area contributed by atoms with Crippen LogP contribution in [0.1, 0.15) is 91.9 Å². The van der Waals surface area contributed by atoms with E-state index in [1.54, 1.807) is 0 Å². The van der Waals surface area contributed by atoms with Gasteiger partial charge in [0, 0.05) is 0 Å². The molecular formula is C18H34. The Kier molecular flexibility index (Phi) is 4.44. The molecule has 0 aliphatic heterocycles. The monoisotopic (exact) mass is 250 g/mol. The first-order chi connectivity index (χ1) is 8.41. The van der Waals surface area contributed by atoms with E-state index in [0.717, 1.165) is 11.8 Å². The molecule has 0 heterocycles. The van der Waals surface area contributed by atoms with Gasteiger partial charge in [-0.3, -0.25) is 0 Å². The molecule has 0 aromatic heterocycles. The molecule has 0 spiro atoms. The second-order valence-corrected chi connectivity index (χ2v) is 8.51. The molecule has 2 atom stereocenters. The summed E-state index contributed by atoms with van der Waals surface area (Å²) >= 11 is 0. The van der Waals surface area contributed by atoms with E-state index in [-0.39, 0.29) is 0 Å². The zero-order chi connectivity index (χ0) is 13.2. The third-order valence-electron chi connectivity index (χ3n) is 6.00. The number of hydrogen-bond acceptors (Lipinski definition) is 0. The first-order valence-corrected chi connectivity index (χ1v) is 8.41. The van der Waals surface area contributed by atoms with Crippen LogP contribution in [0.3, 0.4) is 0 Å². The summed E-state index contributed by atoms with van der Waals surface area (Å²) in [6.07, 6.45) is 14.8. The van der Waals surface area contributed by atoms with E-state index in [4.69, 9.17) is 0 Å². The fourth-order valence-corrected chi connectivity index (χ4v) is 4.78. The first kappa shape index (κ1) is 14.4. The number of rotatable bonds is 1. The van der Waals surface area contributed by atoms with Gasteiger partial charge in [-0.25, -0.2) is 0 Å². The van der Waals surface area contributed by atoms with E-state index in [0.29, 0.717) is 10.8 Å². The fraction of sp³-hybridized carbons (Fsp3) is 1.00. The van der Waals surface area contributed by atoms with Crippen LogP contribution in [0.15, 0.2) is 0 Å². The molecule has 2 aliphatic rings. The molecule has 2 unspecified atom stereocenters. The maximum Gasteiger partial charge on any atom is -0.0292 e. The topological polar surface area (TPSA) is 0 Å². The quantitative estimate of drug-likeness (QED) is 0.520. The van der Waals surface area contributed by atoms with Crippen molar-refractivity contribution in [3.05, 3.63) is 0 Å². The van der Waals surface area contributed by atoms with Crippen molar-refractivity contribution in [1.29, 1.82) is 0 Å². The third kappa shape index (κ3) is 3.52. The Hall–Kier alpha value is 0. The van der Waals surface area contributed by atoms with Crippen LogP contribution in [0.25, 0.3) is 0 Å². The minimum absolute atomic E-state index is 0.570. The van der Waals surface area contributed by atoms with Crippen LogP contribution in [-0.2, 0) is 0 Å². The molecule has 2 aliphatic carbocycles. The van der Waals surface area contributed by atoms with Gasteiger partial charge >= 0.3 is 0 Å². The fourth-order valence-electron chi connectivity index (χ4n) is 4.78. The predicted octanol–water partition coefficient (Wildman–Crippen LogP) is 6.20. The molecule has 2 rings (SSSR count). The van der Waals surface area contributed by atoms with Crippen molar-refractivity contribution in [2.24, 2.45) is 22.7 Å². The number of hydrogen-bond donors (Lipinski definition) is 0. The molecule has 0 radical (unpaired) electrons. The van der Waals surface area contributed by atoms with Gasteiger partial charge in [0.25, 0.3) is 0 Å². The van der Waals surface area contributed by atoms with Crippen molar-refractivity contribution >= 4 is 0 Å². The Bertz CT molecular complexity index is 259. The molecule has 2 saturated carbocycles. The molecule has 0 N–H and O–H groups in total. The van der Waals surface area contributed by atoms with E-state index in [1.807, 2.05) is 0 Å². The zero-order valence-electron chi connectivity index (χ0n) is 13.2. The van der Waals surface area contributed by atoms with Crippen LogP contribution >= 0.6 is 0 Å². The summed E-state index contributed by atoms with van der Waals surface area (Å²) in [4.78, 5) is 0. The Labute approximate surface area is 115 Å². The molecule has 18 heavy (non-hydrogen) atoms. The highest BCUT2D eigenvalue weighted by atomic mass is 14.5. The molecule has 0 bridgehead atoms. The molecular weight excluding hydrogens is 216 g/mol. The van der Waals surface area contributed by atoms with Gasteiger partial charge < -0.3 is 0 Å². The summed E-state index contributed by atoms with van der Waals surface area (Å²) in [5.41, 5.74) is 1.21. The van der Waals surface area contributed by atoms with Crippen molar-refractivity contribution in [2.75, 3.05) is 0 Å². The lowest BCUT2D eigenvalue weighted by Crippen LogP contribution is -2.36. The highest BCUT2D eigenvalue weighted by Gasteiger charge is 2.40. The lowest BCUT2D eigenvalue weighted by Gasteiger charge is -2.47. The summed E-state index contributed by atoms with van der Waals surface area (Å²) in [7, 11) is 0. The Balaban J connectivity index is 2.10. The predicted molar refractivity (Wildman–Crippen MR) is 80.7 cm³/mol. The standard InChI is InChI=1S/C18H34/c1-15-10-12-17(2,3)14-18(4,13-11-15)16-8-6-5-7-9-16/h15-16H,5-14H2,1-4H3. The second-order valence-electron chi connectivity index (χ2n) is 8.51. The van der Waals surface area contributed by atoms with Crippen molar-refractivity contribution in [3.63, 3.8) is 0 Å². The Morgan fingerprint density at radius 2 is 1.39 bits per heavy atom. The van der Waals surface area contributed by atoms with Crippen molar-refractivity contribution < 1.29 is 0 Å². The van der Waals surface area contributed by atoms with Crippen LogP contribution in [-0.4, -0.2) is 0 Å². The van der Waals surface area contributed by atoms with E-state index < -0.39 is 0 Å². The van der Waals surface area contributed by atoms with Gasteiger partial charge in [0.15, 0.2) is 0 Å². The van der Waals surface area contributed by atoms with Gasteiger partial charge in [0.1, 0.15) is 0 Å². The van der Waals surface area contributed by atoms with Gasteiger partial charge in [0.05, 0.1) is 0 Å². The molecule has 0 amide bonds. The van der Waals surface area contributed by atoms with Crippen molar-refractivity contribution in [3.8, 4) is 0 Å². The van der Waals surface area contributed by atoms with E-state index in [1.165, 1.54) is 64.2 Å². The lowest BCUT2D eigenvalue weighted by atomic mass is 9.58. The third-order valence-corrected chi connectivity index (χ3v) is 6.00.